The third-order valence-electron chi connectivity index (χ3n) is 4.06. The number of hydrogen-bond donors (Lipinski definition) is 1. The van der Waals surface area contributed by atoms with Crippen molar-refractivity contribution in [3.63, 3.8) is 0 Å². The molecule has 4 nitrogen and oxygen atoms in total. The van der Waals surface area contributed by atoms with Gasteiger partial charge in [0.05, 0.1) is 11.7 Å². The van der Waals surface area contributed by atoms with Gasteiger partial charge in [0.15, 0.2) is 0 Å². The highest BCUT2D eigenvalue weighted by molar-refractivity contribution is 6.29. The zero-order chi connectivity index (χ0) is 15.7. The molecule has 1 unspecified atom stereocenters. The minimum atomic E-state index is -0.233. The van der Waals surface area contributed by atoms with E-state index in [0.29, 0.717) is 18.5 Å². The number of nitrogens with one attached hydrogen (secondary N) is 1. The minimum Gasteiger partial charge on any atom is -0.349 e. The molecule has 116 valence electrons. The topological polar surface area (TPSA) is 55.1 Å². The van der Waals surface area contributed by atoms with Gasteiger partial charge in [0.25, 0.3) is 0 Å². The van der Waals surface area contributed by atoms with E-state index in [4.69, 9.17) is 16.1 Å². The molecule has 0 radical (unpaired) electrons. The predicted molar refractivity (Wildman–Crippen MR) is 80.2 cm³/mol. The monoisotopic (exact) mass is 322 g/mol. The number of nitrogens with zero attached hydrogens (tertiary/aromatic N) is 1. The number of carbonyl (C=O) groups is 1. The molecule has 1 N–H and O–H groups in total. The maximum atomic E-state index is 13.2. The number of halogens is 2. The molecule has 0 saturated heterocycles. The van der Waals surface area contributed by atoms with E-state index in [1.807, 2.05) is 0 Å². The van der Waals surface area contributed by atoms with Crippen molar-refractivity contribution in [2.24, 2.45) is 0 Å². The van der Waals surface area contributed by atoms with E-state index in [0.717, 1.165) is 29.5 Å². The smallest absolute Gasteiger partial charge is 0.229 e. The second kappa shape index (κ2) is 6.08. The maximum Gasteiger partial charge on any atom is 0.229 e. The van der Waals surface area contributed by atoms with E-state index in [1.54, 1.807) is 19.1 Å². The quantitative estimate of drug-likeness (QED) is 0.937. The summed E-state index contributed by atoms with van der Waals surface area (Å²) in [7, 11) is 0. The summed E-state index contributed by atoms with van der Waals surface area (Å²) < 4.78 is 18.1. The average molecular weight is 323 g/mol. The highest BCUT2D eigenvalue weighted by Crippen LogP contribution is 2.31. The highest BCUT2D eigenvalue weighted by Gasteiger charge is 2.24. The number of hydrogen-bond acceptors (Lipinski definition) is 3. The molecule has 0 spiro atoms. The Morgan fingerprint density at radius 3 is 3.09 bits per heavy atom. The van der Waals surface area contributed by atoms with E-state index in [2.05, 4.69) is 10.5 Å². The molecule has 1 heterocycles. The van der Waals surface area contributed by atoms with E-state index in [1.165, 1.54) is 6.07 Å². The number of aromatic nitrogens is 1. The Balaban J connectivity index is 1.60. The lowest BCUT2D eigenvalue weighted by Crippen LogP contribution is -2.27. The van der Waals surface area contributed by atoms with Crippen molar-refractivity contribution in [3.05, 3.63) is 51.6 Å². The molecule has 6 heteroatoms. The molecule has 1 aromatic carbocycles. The van der Waals surface area contributed by atoms with Crippen molar-refractivity contribution in [2.45, 2.75) is 38.6 Å². The van der Waals surface area contributed by atoms with Crippen molar-refractivity contribution in [1.29, 1.82) is 0 Å². The number of aryl methyl sites for hydroxylation is 2. The molecule has 1 amide bonds. The molecule has 0 saturated carbocycles. The lowest BCUT2D eigenvalue weighted by molar-refractivity contribution is -0.121. The van der Waals surface area contributed by atoms with Gasteiger partial charge in [-0.2, -0.15) is 0 Å². The third kappa shape index (κ3) is 2.99. The van der Waals surface area contributed by atoms with Gasteiger partial charge in [-0.3, -0.25) is 4.79 Å². The zero-order valence-corrected chi connectivity index (χ0v) is 12.9. The molecule has 2 aromatic rings. The Hall–Kier alpha value is -1.88. The molecule has 1 aliphatic carbocycles. The maximum absolute atomic E-state index is 13.2. The SMILES string of the molecule is Cc1noc(Cl)c1CCC(=O)NC1CCc2cc(F)ccc21. The fraction of sp³-hybridized carbons (Fsp3) is 0.375. The van der Waals surface area contributed by atoms with Gasteiger partial charge in [0, 0.05) is 12.0 Å². The van der Waals surface area contributed by atoms with Crippen LogP contribution >= 0.6 is 11.6 Å². The Bertz CT molecular complexity index is 695. The normalized spacial score (nSPS) is 16.6. The standard InChI is InChI=1S/C16H16ClFN2O2/c1-9-12(16(17)22-20-9)5-7-15(21)19-14-6-2-10-8-11(18)3-4-13(10)14/h3-4,8,14H,2,5-7H2,1H3,(H,19,21). The van der Waals surface area contributed by atoms with Gasteiger partial charge < -0.3 is 9.84 Å². The minimum absolute atomic E-state index is 0.0397. The second-order valence-electron chi connectivity index (χ2n) is 5.52. The second-order valence-corrected chi connectivity index (χ2v) is 5.87. The van der Waals surface area contributed by atoms with Crippen LogP contribution in [0.5, 0.6) is 0 Å². The fourth-order valence-electron chi connectivity index (χ4n) is 2.88. The molecule has 3 rings (SSSR count). The molecule has 0 bridgehead atoms. The van der Waals surface area contributed by atoms with Gasteiger partial charge in [-0.15, -0.1) is 0 Å². The number of rotatable bonds is 4. The highest BCUT2D eigenvalue weighted by atomic mass is 35.5. The van der Waals surface area contributed by atoms with Crippen molar-refractivity contribution in [2.75, 3.05) is 0 Å². The number of fused-ring (bicyclic) bond motifs is 1. The molecule has 1 atom stereocenters. The Morgan fingerprint density at radius 2 is 2.36 bits per heavy atom. The van der Waals surface area contributed by atoms with E-state index >= 15 is 0 Å². The summed E-state index contributed by atoms with van der Waals surface area (Å²) in [5.41, 5.74) is 3.46. The summed E-state index contributed by atoms with van der Waals surface area (Å²) in [5, 5.41) is 7.00. The van der Waals surface area contributed by atoms with E-state index in [9.17, 15) is 9.18 Å². The van der Waals surface area contributed by atoms with Gasteiger partial charge in [-0.25, -0.2) is 4.39 Å². The zero-order valence-electron chi connectivity index (χ0n) is 12.2. The third-order valence-corrected chi connectivity index (χ3v) is 4.35. The summed E-state index contributed by atoms with van der Waals surface area (Å²) in [5.74, 6) is -0.290. The van der Waals surface area contributed by atoms with Gasteiger partial charge in [0.1, 0.15) is 5.82 Å². The van der Waals surface area contributed by atoms with Crippen LogP contribution in [0.2, 0.25) is 5.22 Å². The molecule has 1 aliphatic rings. The van der Waals surface area contributed by atoms with Crippen molar-refractivity contribution >= 4 is 17.5 Å². The lowest BCUT2D eigenvalue weighted by Gasteiger charge is -2.14. The van der Waals surface area contributed by atoms with Gasteiger partial charge in [0.2, 0.25) is 11.1 Å². The van der Waals surface area contributed by atoms with E-state index < -0.39 is 0 Å². The van der Waals surface area contributed by atoms with Crippen LogP contribution in [0.1, 0.15) is 41.3 Å². The first-order chi connectivity index (χ1) is 10.5. The van der Waals surface area contributed by atoms with Crippen LogP contribution in [-0.4, -0.2) is 11.1 Å². The van der Waals surface area contributed by atoms with Crippen molar-refractivity contribution in [3.8, 4) is 0 Å². The molecule has 22 heavy (non-hydrogen) atoms. The van der Waals surface area contributed by atoms with Gasteiger partial charge >= 0.3 is 0 Å². The Kier molecular flexibility index (Phi) is 4.16. The summed E-state index contributed by atoms with van der Waals surface area (Å²) >= 11 is 5.88. The summed E-state index contributed by atoms with van der Waals surface area (Å²) in [6.45, 7) is 1.80. The van der Waals surface area contributed by atoms with Crippen molar-refractivity contribution < 1.29 is 13.7 Å². The Morgan fingerprint density at radius 1 is 1.55 bits per heavy atom. The molecule has 0 fully saturated rings. The van der Waals surface area contributed by atoms with Crippen LogP contribution in [0.3, 0.4) is 0 Å². The van der Waals surface area contributed by atoms with E-state index in [-0.39, 0.29) is 23.0 Å². The van der Waals surface area contributed by atoms with Gasteiger partial charge in [-0.1, -0.05) is 11.2 Å². The number of benzene rings is 1. The van der Waals surface area contributed by atoms with Crippen molar-refractivity contribution in [1.82, 2.24) is 10.5 Å². The molecular formula is C16H16ClFN2O2. The fourth-order valence-corrected chi connectivity index (χ4v) is 3.15. The number of carbonyl (C=O) groups excluding carboxylic acids is 1. The molecule has 0 aliphatic heterocycles. The Labute approximate surface area is 132 Å². The van der Waals surface area contributed by atoms with Crippen LogP contribution in [-0.2, 0) is 17.6 Å². The summed E-state index contributed by atoms with van der Waals surface area (Å²) in [4.78, 5) is 12.1. The number of amides is 1. The van der Waals surface area contributed by atoms with Gasteiger partial charge in [-0.05, 0) is 61.0 Å². The largest absolute Gasteiger partial charge is 0.349 e. The average Bonchev–Trinajstić information content (AvgIpc) is 3.01. The first-order valence-corrected chi connectivity index (χ1v) is 7.60. The van der Waals surface area contributed by atoms with Crippen LogP contribution < -0.4 is 5.32 Å². The van der Waals surface area contributed by atoms with Crippen LogP contribution in [0.4, 0.5) is 4.39 Å². The summed E-state index contributed by atoms with van der Waals surface area (Å²) in [6.07, 6.45) is 2.39. The first-order valence-electron chi connectivity index (χ1n) is 7.23. The van der Waals surface area contributed by atoms with Crippen LogP contribution in [0, 0.1) is 12.7 Å². The lowest BCUT2D eigenvalue weighted by atomic mass is 10.1. The summed E-state index contributed by atoms with van der Waals surface area (Å²) in [6, 6.07) is 4.69. The predicted octanol–water partition coefficient (Wildman–Crippen LogP) is 3.51. The molecular weight excluding hydrogens is 307 g/mol. The van der Waals surface area contributed by atoms with Crippen LogP contribution in [0.15, 0.2) is 22.7 Å². The first kappa shape index (κ1) is 15.0. The van der Waals surface area contributed by atoms with Crippen LogP contribution in [0.25, 0.3) is 0 Å². The molecule has 1 aromatic heterocycles.